The van der Waals surface area contributed by atoms with Gasteiger partial charge in [0, 0.05) is 47.6 Å². The number of hydrogen-bond donors (Lipinski definition) is 1. The van der Waals surface area contributed by atoms with E-state index in [1.165, 1.54) is 22.3 Å². The van der Waals surface area contributed by atoms with Crippen LogP contribution in [0.4, 0.5) is 11.4 Å². The van der Waals surface area contributed by atoms with E-state index < -0.39 is 10.0 Å². The van der Waals surface area contributed by atoms with Crippen molar-refractivity contribution < 1.29 is 17.6 Å². The predicted octanol–water partition coefficient (Wildman–Crippen LogP) is 3.31. The Labute approximate surface area is 204 Å². The van der Waals surface area contributed by atoms with Crippen LogP contribution in [0, 0.1) is 0 Å². The maximum atomic E-state index is 12.3. The average molecular weight is 552 g/mol. The van der Waals surface area contributed by atoms with Crippen LogP contribution in [0.25, 0.3) is 11.5 Å². The Morgan fingerprint density at radius 2 is 1.85 bits per heavy atom. The number of anilines is 2. The summed E-state index contributed by atoms with van der Waals surface area (Å²) in [5, 5.41) is 11.2. The second-order valence-corrected chi connectivity index (χ2v) is 11.2. The van der Waals surface area contributed by atoms with Gasteiger partial charge in [-0.05, 0) is 42.5 Å². The van der Waals surface area contributed by atoms with E-state index in [1.807, 2.05) is 48.5 Å². The first-order valence-electron chi connectivity index (χ1n) is 10.1. The number of nitrogens with one attached hydrogen (secondary N) is 1. The summed E-state index contributed by atoms with van der Waals surface area (Å²) in [7, 11) is -3.15. The zero-order valence-electron chi connectivity index (χ0n) is 17.8. The van der Waals surface area contributed by atoms with E-state index in [9.17, 15) is 13.2 Å². The highest BCUT2D eigenvalue weighted by molar-refractivity contribution is 9.10. The summed E-state index contributed by atoms with van der Waals surface area (Å²) in [5.41, 5.74) is 2.46. The Morgan fingerprint density at radius 1 is 1.12 bits per heavy atom. The summed E-state index contributed by atoms with van der Waals surface area (Å²) in [6, 6.07) is 15.0. The first-order valence-corrected chi connectivity index (χ1v) is 13.7. The second kappa shape index (κ2) is 10.2. The topological polar surface area (TPSA) is 109 Å². The molecule has 1 aliphatic heterocycles. The number of nitrogens with zero attached hydrogens (tertiary/aromatic N) is 4. The lowest BCUT2D eigenvalue weighted by Crippen LogP contribution is -2.48. The number of rotatable bonds is 7. The molecular weight excluding hydrogens is 530 g/mol. The summed E-state index contributed by atoms with van der Waals surface area (Å²) in [5.74, 6) is 0.346. The fraction of sp³-hybridized carbons (Fsp3) is 0.286. The molecule has 0 unspecified atom stereocenters. The van der Waals surface area contributed by atoms with Crippen LogP contribution in [-0.4, -0.2) is 67.0 Å². The quantitative estimate of drug-likeness (QED) is 0.445. The molecule has 1 aromatic heterocycles. The molecular formula is C21H22BrN5O4S2. The lowest BCUT2D eigenvalue weighted by molar-refractivity contribution is -0.113. The Kier molecular flexibility index (Phi) is 7.37. The Hall–Kier alpha value is -2.41. The number of aromatic nitrogens is 2. The van der Waals surface area contributed by atoms with Crippen molar-refractivity contribution in [1.29, 1.82) is 0 Å². The maximum absolute atomic E-state index is 12.3. The standard InChI is InChI=1S/C21H22BrN5O4S2/c1-33(29,30)27-11-9-26(10-12-27)18-7-5-17(6-8-18)23-19(28)14-32-21-25-24-20(31-21)15-3-2-4-16(22)13-15/h2-8,13H,9-12,14H2,1H3,(H,23,28). The predicted molar refractivity (Wildman–Crippen MR) is 132 cm³/mol. The minimum atomic E-state index is -3.15. The fourth-order valence-corrected chi connectivity index (χ4v) is 5.15. The molecule has 0 radical (unpaired) electrons. The normalized spacial score (nSPS) is 14.9. The number of thioether (sulfide) groups is 1. The van der Waals surface area contributed by atoms with Gasteiger partial charge in [-0.1, -0.05) is 33.8 Å². The van der Waals surface area contributed by atoms with Crippen molar-refractivity contribution in [2.45, 2.75) is 5.22 Å². The molecule has 2 heterocycles. The van der Waals surface area contributed by atoms with Crippen LogP contribution in [0.1, 0.15) is 0 Å². The third-order valence-electron chi connectivity index (χ3n) is 5.03. The molecule has 12 heteroatoms. The second-order valence-electron chi connectivity index (χ2n) is 7.42. The van der Waals surface area contributed by atoms with Crippen LogP contribution in [0.5, 0.6) is 0 Å². The number of halogens is 1. The highest BCUT2D eigenvalue weighted by Crippen LogP contribution is 2.26. The smallest absolute Gasteiger partial charge is 0.277 e. The monoisotopic (exact) mass is 551 g/mol. The minimum absolute atomic E-state index is 0.134. The molecule has 0 atom stereocenters. The van der Waals surface area contributed by atoms with Gasteiger partial charge in [0.05, 0.1) is 12.0 Å². The third kappa shape index (κ3) is 6.34. The molecule has 0 spiro atoms. The van der Waals surface area contributed by atoms with Gasteiger partial charge >= 0.3 is 0 Å². The van der Waals surface area contributed by atoms with E-state index in [1.54, 1.807) is 0 Å². The van der Waals surface area contributed by atoms with Crippen molar-refractivity contribution in [3.8, 4) is 11.5 Å². The first kappa shape index (κ1) is 23.7. The summed E-state index contributed by atoms with van der Waals surface area (Å²) >= 11 is 4.58. The van der Waals surface area contributed by atoms with Crippen LogP contribution in [0.2, 0.25) is 0 Å². The highest BCUT2D eigenvalue weighted by atomic mass is 79.9. The molecule has 4 rings (SSSR count). The van der Waals surface area contributed by atoms with Gasteiger partial charge in [0.25, 0.3) is 5.22 Å². The maximum Gasteiger partial charge on any atom is 0.277 e. The number of amides is 1. The molecule has 0 bridgehead atoms. The van der Waals surface area contributed by atoms with E-state index in [0.717, 1.165) is 15.7 Å². The van der Waals surface area contributed by atoms with Crippen molar-refractivity contribution in [2.24, 2.45) is 0 Å². The molecule has 174 valence electrons. The molecule has 1 saturated heterocycles. The summed E-state index contributed by atoms with van der Waals surface area (Å²) in [6.45, 7) is 2.18. The van der Waals surface area contributed by atoms with Crippen molar-refractivity contribution in [3.05, 3.63) is 53.0 Å². The number of hydrogen-bond acceptors (Lipinski definition) is 8. The van der Waals surface area contributed by atoms with Gasteiger partial charge in [-0.15, -0.1) is 10.2 Å². The van der Waals surface area contributed by atoms with Gasteiger partial charge in [0.15, 0.2) is 0 Å². The molecule has 2 aromatic carbocycles. The highest BCUT2D eigenvalue weighted by Gasteiger charge is 2.23. The van der Waals surface area contributed by atoms with Crippen molar-refractivity contribution >= 4 is 55.0 Å². The number of sulfonamides is 1. The summed E-state index contributed by atoms with van der Waals surface area (Å²) < 4.78 is 31.3. The molecule has 1 fully saturated rings. The SMILES string of the molecule is CS(=O)(=O)N1CCN(c2ccc(NC(=O)CSc3nnc(-c4cccc(Br)c4)o3)cc2)CC1. The van der Waals surface area contributed by atoms with E-state index >= 15 is 0 Å². The van der Waals surface area contributed by atoms with Crippen LogP contribution in [0.15, 0.2) is 62.6 Å². The van der Waals surface area contributed by atoms with E-state index in [4.69, 9.17) is 4.42 Å². The Balaban J connectivity index is 1.26. The van der Waals surface area contributed by atoms with Crippen LogP contribution >= 0.6 is 27.7 Å². The van der Waals surface area contributed by atoms with Gasteiger partial charge in [-0.3, -0.25) is 4.79 Å². The van der Waals surface area contributed by atoms with Crippen LogP contribution in [-0.2, 0) is 14.8 Å². The minimum Gasteiger partial charge on any atom is -0.411 e. The number of carbonyl (C=O) groups is 1. The van der Waals surface area contributed by atoms with Gasteiger partial charge in [0.2, 0.25) is 21.8 Å². The van der Waals surface area contributed by atoms with E-state index in [2.05, 4.69) is 36.3 Å². The van der Waals surface area contributed by atoms with Gasteiger partial charge < -0.3 is 14.6 Å². The summed E-state index contributed by atoms with van der Waals surface area (Å²) in [4.78, 5) is 14.4. The molecule has 0 saturated carbocycles. The number of benzene rings is 2. The lowest BCUT2D eigenvalue weighted by Gasteiger charge is -2.34. The number of carbonyl (C=O) groups excluding carboxylic acids is 1. The molecule has 9 nitrogen and oxygen atoms in total. The lowest BCUT2D eigenvalue weighted by atomic mass is 10.2. The molecule has 33 heavy (non-hydrogen) atoms. The van der Waals surface area contributed by atoms with Crippen LogP contribution in [0.3, 0.4) is 0 Å². The molecule has 0 aliphatic carbocycles. The third-order valence-corrected chi connectivity index (χ3v) is 7.64. The largest absolute Gasteiger partial charge is 0.411 e. The molecule has 1 N–H and O–H groups in total. The van der Waals surface area contributed by atoms with Crippen molar-refractivity contribution in [2.75, 3.05) is 48.4 Å². The zero-order valence-corrected chi connectivity index (χ0v) is 21.0. The first-order chi connectivity index (χ1) is 15.8. The Morgan fingerprint density at radius 3 is 2.52 bits per heavy atom. The van der Waals surface area contributed by atoms with E-state index in [-0.39, 0.29) is 11.7 Å². The Bertz CT molecular complexity index is 1230. The fourth-order valence-electron chi connectivity index (χ4n) is 3.36. The van der Waals surface area contributed by atoms with Gasteiger partial charge in [0.1, 0.15) is 0 Å². The zero-order chi connectivity index (χ0) is 23.4. The molecule has 1 amide bonds. The molecule has 1 aliphatic rings. The average Bonchev–Trinajstić information content (AvgIpc) is 3.27. The number of piperazine rings is 1. The molecule has 3 aromatic rings. The van der Waals surface area contributed by atoms with Crippen LogP contribution < -0.4 is 10.2 Å². The van der Waals surface area contributed by atoms with Crippen molar-refractivity contribution in [1.82, 2.24) is 14.5 Å². The van der Waals surface area contributed by atoms with Gasteiger partial charge in [-0.25, -0.2) is 8.42 Å². The summed E-state index contributed by atoms with van der Waals surface area (Å²) in [6.07, 6.45) is 1.23. The van der Waals surface area contributed by atoms with Crippen molar-refractivity contribution in [3.63, 3.8) is 0 Å². The van der Waals surface area contributed by atoms with E-state index in [0.29, 0.717) is 43.0 Å². The van der Waals surface area contributed by atoms with Gasteiger partial charge in [-0.2, -0.15) is 4.31 Å².